The lowest BCUT2D eigenvalue weighted by molar-refractivity contribution is -0.141. The van der Waals surface area contributed by atoms with Gasteiger partial charge in [0.25, 0.3) is 0 Å². The molecule has 0 saturated heterocycles. The molecule has 0 heterocycles. The topological polar surface area (TPSA) is 503 Å². The zero-order chi connectivity index (χ0) is 92.3. The largest absolute Gasteiger partial charge is 0.481 e. The first-order chi connectivity index (χ1) is 56.7. The van der Waals surface area contributed by atoms with Crippen LogP contribution in [0.4, 0.5) is 14.4 Å². The van der Waals surface area contributed by atoms with Crippen molar-refractivity contribution in [1.82, 2.24) is 26.6 Å². The highest BCUT2D eigenvalue weighted by molar-refractivity contribution is 8.77. The van der Waals surface area contributed by atoms with E-state index >= 15 is 0 Å². The number of Topliss-reactive ketones (excluding diaryl/α,β-unsaturated/α-hetero) is 6. The third kappa shape index (κ3) is 68.8. The van der Waals surface area contributed by atoms with Gasteiger partial charge in [-0.1, -0.05) is 98.9 Å². The molecule has 708 valence electrons. The summed E-state index contributed by atoms with van der Waals surface area (Å²) < 4.78 is 15.6. The maximum absolute atomic E-state index is 13.1. The van der Waals surface area contributed by atoms with Crippen molar-refractivity contribution >= 4 is 224 Å². The van der Waals surface area contributed by atoms with Crippen LogP contribution in [-0.4, -0.2) is 276 Å². The molecule has 3 aliphatic carbocycles. The van der Waals surface area contributed by atoms with E-state index in [0.29, 0.717) is 34.3 Å². The molecule has 0 aromatic heterocycles. The number of ether oxygens (including phenoxy) is 3. The maximum atomic E-state index is 13.1. The average molecular weight is 1950 g/mol. The molecule has 12 atom stereocenters. The Morgan fingerprint density at radius 2 is 0.615 bits per heavy atom. The van der Waals surface area contributed by atoms with Crippen molar-refractivity contribution in [3.8, 4) is 0 Å². The number of rotatable bonds is 59. The minimum absolute atomic E-state index is 0. The lowest BCUT2D eigenvalue weighted by Crippen LogP contribution is -2.45. The summed E-state index contributed by atoms with van der Waals surface area (Å²) in [6, 6.07) is -5.43. The first-order valence-electron chi connectivity index (χ1n) is 40.8. The summed E-state index contributed by atoms with van der Waals surface area (Å²) in [5.41, 5.74) is 14.2. The molecule has 0 radical (unpaired) electrons. The molecule has 122 heavy (non-hydrogen) atoms. The minimum atomic E-state index is -1.19. The Morgan fingerprint density at radius 3 is 0.885 bits per heavy atom. The Bertz CT molecular complexity index is 3080. The SMILES string of the molecule is C.CC(=O)C(CSSCC(N)C(=O)O)NC(=O)OC(C)(C)C.CC(=O)CCC(=O)O.CCCCSC1CCC1SCCCC(=O)C(CSSCC(NC(=O)CCC(C)=O)C(=O)O)NC(=O)CCC(C)=O.CCCCSC1CCC1SCCCC(=O)C(CSSCC(NC(=O)OC(C)(C)C)C(=O)O)NC(=O)OC(C)(C)C.NCCSC1CCC1SCCN. The highest BCUT2D eigenvalue weighted by Crippen LogP contribution is 2.43. The van der Waals surface area contributed by atoms with Gasteiger partial charge in [-0.2, -0.15) is 70.6 Å². The predicted molar refractivity (Wildman–Crippen MR) is 515 cm³/mol. The lowest BCUT2D eigenvalue weighted by atomic mass is 9.99. The van der Waals surface area contributed by atoms with Gasteiger partial charge in [-0.05, 0) is 177 Å². The first-order valence-corrected chi connectivity index (χ1v) is 54.5. The number of carbonyl (C=O) groups excluding carboxylic acids is 11. The van der Waals surface area contributed by atoms with E-state index < -0.39 is 101 Å². The number of thioether (sulfide) groups is 6. The number of amides is 5. The molecule has 3 saturated carbocycles. The van der Waals surface area contributed by atoms with Gasteiger partial charge in [0.1, 0.15) is 64.4 Å². The summed E-state index contributed by atoms with van der Waals surface area (Å²) in [7, 11) is 7.42. The van der Waals surface area contributed by atoms with Gasteiger partial charge >= 0.3 is 42.2 Å². The Hall–Kier alpha value is -3.27. The Morgan fingerprint density at radius 1 is 0.352 bits per heavy atom. The van der Waals surface area contributed by atoms with E-state index in [9.17, 15) is 82.1 Å². The minimum Gasteiger partial charge on any atom is -0.481 e. The van der Waals surface area contributed by atoms with Crippen LogP contribution >= 0.6 is 135 Å². The number of hydrogen-bond donors (Lipinski definition) is 12. The number of nitrogens with one attached hydrogen (secondary N) is 5. The number of carboxylic acids is 4. The van der Waals surface area contributed by atoms with Crippen LogP contribution in [0.2, 0.25) is 0 Å². The maximum Gasteiger partial charge on any atom is 0.408 e. The highest BCUT2D eigenvalue weighted by Gasteiger charge is 2.35. The Kier molecular flexibility index (Phi) is 72.1. The van der Waals surface area contributed by atoms with Crippen LogP contribution < -0.4 is 43.8 Å². The van der Waals surface area contributed by atoms with E-state index in [1.165, 1.54) is 168 Å². The molecule has 12 unspecified atom stereocenters. The van der Waals surface area contributed by atoms with Crippen LogP contribution in [0.15, 0.2) is 0 Å². The molecule has 30 nitrogen and oxygen atoms in total. The number of aliphatic carboxylic acids is 4. The zero-order valence-electron chi connectivity index (χ0n) is 73.2. The van der Waals surface area contributed by atoms with Crippen molar-refractivity contribution < 1.29 is 107 Å². The van der Waals surface area contributed by atoms with Crippen LogP contribution in [0.1, 0.15) is 240 Å². The second kappa shape index (κ2) is 71.6. The molecular formula is C80H144N8O22S12. The van der Waals surface area contributed by atoms with Crippen molar-refractivity contribution in [2.24, 2.45) is 17.2 Å². The van der Waals surface area contributed by atoms with Crippen molar-refractivity contribution in [2.75, 3.05) is 82.1 Å². The molecule has 0 aromatic carbocycles. The Labute approximate surface area is 774 Å². The number of carbonyl (C=O) groups is 15. The fourth-order valence-corrected chi connectivity index (χ4v) is 25.6. The fraction of sp³-hybridized carbons (Fsp3) is 0.812. The molecule has 0 aromatic rings. The Balaban J connectivity index is -0.00000160. The third-order valence-electron chi connectivity index (χ3n) is 16.5. The molecule has 3 aliphatic rings. The normalized spacial score (nSPS) is 17.8. The van der Waals surface area contributed by atoms with Crippen molar-refractivity contribution in [3.63, 3.8) is 0 Å². The zero-order valence-corrected chi connectivity index (χ0v) is 83.0. The molecular weight excluding hydrogens is 1810 g/mol. The van der Waals surface area contributed by atoms with Gasteiger partial charge in [-0.3, -0.25) is 33.6 Å². The van der Waals surface area contributed by atoms with E-state index in [4.69, 9.17) is 41.6 Å². The smallest absolute Gasteiger partial charge is 0.408 e. The quantitative estimate of drug-likeness (QED) is 0.0153. The monoisotopic (exact) mass is 1950 g/mol. The third-order valence-corrected chi connectivity index (χ3v) is 33.3. The second-order valence-electron chi connectivity index (χ2n) is 31.4. The van der Waals surface area contributed by atoms with Gasteiger partial charge in [-0.25, -0.2) is 24.0 Å². The van der Waals surface area contributed by atoms with Crippen LogP contribution in [-0.2, 0) is 71.7 Å². The van der Waals surface area contributed by atoms with Gasteiger partial charge < -0.3 is 92.8 Å². The number of alkyl carbamates (subject to hydrolysis) is 3. The standard InChI is InChI=1S/C27H48N2O7S4.C27H44N2O7S4.C12H22N2O5S2.C8H18N2S2.C5H8O3.CH4/c1-8-9-14-37-21-12-13-22(21)38-15-10-11-20(30)18(28-24(33)35-26(2,3)4)16-39-40-17-19(23(31)32)29-25(34)36-27(5,6)7;1-4-5-14-37-23-10-11-24(23)38-15-6-7-22(32)20(28-25(33)12-8-18(2)30)16-39-40-17-21(27(35)36)29-26(34)13-9-19(3)31;1-7(15)9(14-11(18)19-12(2,3)4)6-21-20-5-8(13)10(16)17;9-3-5-11-7-1-2-8(7)12-6-4-10;1-4(6)2-3-5(7)8;/h18-19,21-22H,8-17H2,1-7H3,(H,28,33)(H,29,34)(H,31,32);20-21,23-24H,4-17H2,1-3H3,(H,28,33)(H,29,34)(H,35,36);8-9H,5-6,13H2,1-4H3,(H,14,18)(H,16,17);7-8H,1-6,9-10H2;2-3H2,1H3,(H,7,8);1H4. The first kappa shape index (κ1) is 123. The lowest BCUT2D eigenvalue weighted by Gasteiger charge is -2.35. The summed E-state index contributed by atoms with van der Waals surface area (Å²) in [6.45, 7) is 27.1. The van der Waals surface area contributed by atoms with Crippen molar-refractivity contribution in [1.29, 1.82) is 0 Å². The molecule has 5 amide bonds. The number of nitrogens with two attached hydrogens (primary N) is 3. The van der Waals surface area contributed by atoms with Crippen LogP contribution in [0.3, 0.4) is 0 Å². The summed E-state index contributed by atoms with van der Waals surface area (Å²) in [5.74, 6) is 1.64. The van der Waals surface area contributed by atoms with E-state index in [1.807, 2.05) is 47.0 Å². The predicted octanol–water partition coefficient (Wildman–Crippen LogP) is 13.9. The van der Waals surface area contributed by atoms with Crippen LogP contribution in [0.5, 0.6) is 0 Å². The number of ketones is 6. The highest BCUT2D eigenvalue weighted by atomic mass is 33.1. The summed E-state index contributed by atoms with van der Waals surface area (Å²) >= 11 is 12.1. The average Bonchev–Trinajstić information content (AvgIpc) is 0.865. The number of hydrogen-bond acceptors (Lipinski definition) is 33. The van der Waals surface area contributed by atoms with Crippen LogP contribution in [0.25, 0.3) is 0 Å². The molecule has 0 bridgehead atoms. The summed E-state index contributed by atoms with van der Waals surface area (Å²) in [5, 5.41) is 52.7. The summed E-state index contributed by atoms with van der Waals surface area (Å²) in [4.78, 5) is 174. The fourth-order valence-electron chi connectivity index (χ4n) is 9.53. The van der Waals surface area contributed by atoms with Gasteiger partial charge in [0.2, 0.25) is 11.8 Å². The molecule has 3 fully saturated rings. The van der Waals surface area contributed by atoms with Gasteiger partial charge in [0.05, 0.1) is 12.5 Å². The molecule has 0 spiro atoms. The van der Waals surface area contributed by atoms with Gasteiger partial charge in [-0.15, -0.1) is 0 Å². The number of unbranched alkanes of at least 4 members (excludes halogenated alkanes) is 2. The van der Waals surface area contributed by atoms with Crippen LogP contribution in [0, 0.1) is 0 Å². The van der Waals surface area contributed by atoms with Crippen molar-refractivity contribution in [3.05, 3.63) is 0 Å². The van der Waals surface area contributed by atoms with E-state index in [2.05, 4.69) is 64.0 Å². The van der Waals surface area contributed by atoms with E-state index in [0.717, 1.165) is 64.7 Å². The van der Waals surface area contributed by atoms with Gasteiger partial charge in [0.15, 0.2) is 17.3 Å². The summed E-state index contributed by atoms with van der Waals surface area (Å²) in [6.07, 6.45) is 12.9. The second-order valence-corrected chi connectivity index (χ2v) is 47.1. The van der Waals surface area contributed by atoms with Gasteiger partial charge in [0, 0.05) is 136 Å². The molecule has 42 heteroatoms. The number of carboxylic acid groups (broad SMARTS) is 4. The molecule has 3 rings (SSSR count). The van der Waals surface area contributed by atoms with Crippen molar-refractivity contribution in [2.45, 2.75) is 324 Å². The molecule has 0 aliphatic heterocycles. The van der Waals surface area contributed by atoms with E-state index in [1.54, 1.807) is 62.3 Å². The molecule has 15 N–H and O–H groups in total. The van der Waals surface area contributed by atoms with E-state index in [-0.39, 0.29) is 115 Å².